The summed E-state index contributed by atoms with van der Waals surface area (Å²) in [5.74, 6) is 0.270. The van der Waals surface area contributed by atoms with Gasteiger partial charge in [-0.1, -0.05) is 30.3 Å². The summed E-state index contributed by atoms with van der Waals surface area (Å²) < 4.78 is 10.0. The van der Waals surface area contributed by atoms with Crippen LogP contribution in [0, 0.1) is 0 Å². The lowest BCUT2D eigenvalue weighted by Gasteiger charge is -2.19. The fourth-order valence-electron chi connectivity index (χ4n) is 1.98. The first kappa shape index (κ1) is 14.7. The molecule has 0 saturated heterocycles. The highest BCUT2D eigenvalue weighted by Gasteiger charge is 2.22. The Labute approximate surface area is 123 Å². The second-order valence-electron chi connectivity index (χ2n) is 4.46. The third-order valence-electron chi connectivity index (χ3n) is 3.13. The maximum Gasteiger partial charge on any atom is 0.332 e. The Morgan fingerprint density at radius 1 is 1.14 bits per heavy atom. The molecule has 2 rings (SSSR count). The molecule has 0 heterocycles. The van der Waals surface area contributed by atoms with Gasteiger partial charge in [0.05, 0.1) is 25.6 Å². The number of carbonyl (C=O) groups is 1. The van der Waals surface area contributed by atoms with Crippen molar-refractivity contribution in [3.05, 3.63) is 54.1 Å². The molecule has 0 spiro atoms. The molecule has 5 nitrogen and oxygen atoms in total. The number of ether oxygens (including phenoxy) is 2. The third-order valence-corrected chi connectivity index (χ3v) is 3.13. The van der Waals surface area contributed by atoms with Gasteiger partial charge in [-0.3, -0.25) is 0 Å². The van der Waals surface area contributed by atoms with Crippen molar-refractivity contribution in [2.75, 3.05) is 25.3 Å². The van der Waals surface area contributed by atoms with E-state index in [0.717, 1.165) is 5.56 Å². The molecule has 0 saturated carbocycles. The minimum absolute atomic E-state index is 0.386. The molecule has 0 aliphatic carbocycles. The van der Waals surface area contributed by atoms with Gasteiger partial charge in [-0.05, 0) is 17.7 Å². The Hall–Kier alpha value is -2.69. The van der Waals surface area contributed by atoms with Crippen molar-refractivity contribution in [1.29, 1.82) is 0 Å². The Morgan fingerprint density at radius 3 is 2.48 bits per heavy atom. The molecular formula is C16H18N2O3. The number of anilines is 2. The van der Waals surface area contributed by atoms with Crippen LogP contribution in [0.3, 0.4) is 0 Å². The number of carbonyl (C=O) groups excluding carboxylic acids is 1. The molecule has 0 aromatic heterocycles. The number of esters is 1. The number of hydrogen-bond acceptors (Lipinski definition) is 5. The standard InChI is InChI=1S/C16H18N2O3/c1-20-12-8-9-13(17)14(10-12)18-15(16(19)21-2)11-6-4-3-5-7-11/h3-10,15,18H,17H2,1-2H3. The fraction of sp³-hybridized carbons (Fsp3) is 0.188. The second-order valence-corrected chi connectivity index (χ2v) is 4.46. The van der Waals surface area contributed by atoms with Crippen LogP contribution in [0.1, 0.15) is 11.6 Å². The Morgan fingerprint density at radius 2 is 1.86 bits per heavy atom. The first-order valence-electron chi connectivity index (χ1n) is 6.48. The maximum atomic E-state index is 12.0. The molecule has 0 aliphatic heterocycles. The smallest absolute Gasteiger partial charge is 0.332 e. The third kappa shape index (κ3) is 3.45. The van der Waals surface area contributed by atoms with Crippen molar-refractivity contribution >= 4 is 17.3 Å². The van der Waals surface area contributed by atoms with Crippen molar-refractivity contribution in [2.45, 2.75) is 6.04 Å². The van der Waals surface area contributed by atoms with Crippen LogP contribution in [0.2, 0.25) is 0 Å². The van der Waals surface area contributed by atoms with E-state index in [1.165, 1.54) is 7.11 Å². The summed E-state index contributed by atoms with van der Waals surface area (Å²) in [4.78, 5) is 12.0. The molecule has 110 valence electrons. The Bertz CT molecular complexity index is 614. The van der Waals surface area contributed by atoms with E-state index in [1.807, 2.05) is 30.3 Å². The van der Waals surface area contributed by atoms with Crippen molar-refractivity contribution in [2.24, 2.45) is 0 Å². The molecule has 0 amide bonds. The van der Waals surface area contributed by atoms with Gasteiger partial charge in [-0.25, -0.2) is 4.79 Å². The number of rotatable bonds is 5. The number of nitrogens with two attached hydrogens (primary N) is 1. The molecule has 0 aliphatic rings. The van der Waals surface area contributed by atoms with E-state index in [2.05, 4.69) is 5.32 Å². The first-order valence-corrected chi connectivity index (χ1v) is 6.48. The van der Waals surface area contributed by atoms with Crippen LogP contribution in [0.25, 0.3) is 0 Å². The second kappa shape index (κ2) is 6.65. The number of nitrogen functional groups attached to an aromatic ring is 1. The fourth-order valence-corrected chi connectivity index (χ4v) is 1.98. The van der Waals surface area contributed by atoms with Gasteiger partial charge in [0, 0.05) is 6.07 Å². The van der Waals surface area contributed by atoms with Gasteiger partial charge in [0.2, 0.25) is 0 Å². The zero-order chi connectivity index (χ0) is 15.2. The average Bonchev–Trinajstić information content (AvgIpc) is 2.54. The van der Waals surface area contributed by atoms with E-state index in [0.29, 0.717) is 17.1 Å². The predicted octanol–water partition coefficient (Wildman–Crippen LogP) is 2.60. The summed E-state index contributed by atoms with van der Waals surface area (Å²) in [5, 5.41) is 3.11. The highest BCUT2D eigenvalue weighted by atomic mass is 16.5. The molecule has 3 N–H and O–H groups in total. The Kier molecular flexibility index (Phi) is 4.66. The molecular weight excluding hydrogens is 268 g/mol. The number of nitrogens with one attached hydrogen (secondary N) is 1. The van der Waals surface area contributed by atoms with Crippen molar-refractivity contribution in [3.8, 4) is 5.75 Å². The van der Waals surface area contributed by atoms with Crippen LogP contribution >= 0.6 is 0 Å². The number of benzene rings is 2. The van der Waals surface area contributed by atoms with Gasteiger partial charge in [-0.2, -0.15) is 0 Å². The lowest BCUT2D eigenvalue weighted by Crippen LogP contribution is -2.22. The highest BCUT2D eigenvalue weighted by molar-refractivity contribution is 5.83. The Balaban J connectivity index is 2.34. The maximum absolute atomic E-state index is 12.0. The zero-order valence-electron chi connectivity index (χ0n) is 12.0. The van der Waals surface area contributed by atoms with Gasteiger partial charge in [-0.15, -0.1) is 0 Å². The highest BCUT2D eigenvalue weighted by Crippen LogP contribution is 2.28. The van der Waals surface area contributed by atoms with E-state index in [-0.39, 0.29) is 5.97 Å². The zero-order valence-corrected chi connectivity index (χ0v) is 12.0. The summed E-state index contributed by atoms with van der Waals surface area (Å²) in [6, 6.07) is 13.9. The largest absolute Gasteiger partial charge is 0.497 e. The molecule has 21 heavy (non-hydrogen) atoms. The van der Waals surface area contributed by atoms with Crippen LogP contribution in [0.5, 0.6) is 5.75 Å². The molecule has 0 radical (unpaired) electrons. The van der Waals surface area contributed by atoms with Gasteiger partial charge < -0.3 is 20.5 Å². The summed E-state index contributed by atoms with van der Waals surface area (Å²) in [7, 11) is 2.93. The minimum Gasteiger partial charge on any atom is -0.497 e. The first-order chi connectivity index (χ1) is 10.2. The van der Waals surface area contributed by atoms with Crippen LogP contribution in [0.4, 0.5) is 11.4 Å². The SMILES string of the molecule is COC(=O)C(Nc1cc(OC)ccc1N)c1ccccc1. The van der Waals surface area contributed by atoms with E-state index in [9.17, 15) is 4.79 Å². The number of hydrogen-bond donors (Lipinski definition) is 2. The summed E-state index contributed by atoms with van der Waals surface area (Å²) in [6.45, 7) is 0. The quantitative estimate of drug-likeness (QED) is 0.653. The topological polar surface area (TPSA) is 73.6 Å². The molecule has 5 heteroatoms. The van der Waals surface area contributed by atoms with Crippen LogP contribution in [0.15, 0.2) is 48.5 Å². The summed E-state index contributed by atoms with van der Waals surface area (Å²) in [6.07, 6.45) is 0. The van der Waals surface area contributed by atoms with Gasteiger partial charge in [0.15, 0.2) is 6.04 Å². The van der Waals surface area contributed by atoms with Crippen molar-refractivity contribution < 1.29 is 14.3 Å². The lowest BCUT2D eigenvalue weighted by molar-refractivity contribution is -0.141. The summed E-state index contributed by atoms with van der Waals surface area (Å²) in [5.41, 5.74) is 7.89. The van der Waals surface area contributed by atoms with Gasteiger partial charge >= 0.3 is 5.97 Å². The van der Waals surface area contributed by atoms with Gasteiger partial charge in [0.1, 0.15) is 5.75 Å². The molecule has 1 atom stereocenters. The number of methoxy groups -OCH3 is 2. The van der Waals surface area contributed by atoms with Crippen LogP contribution < -0.4 is 15.8 Å². The molecule has 0 bridgehead atoms. The molecule has 2 aromatic carbocycles. The summed E-state index contributed by atoms with van der Waals surface area (Å²) >= 11 is 0. The van der Waals surface area contributed by atoms with Crippen LogP contribution in [-0.2, 0) is 9.53 Å². The van der Waals surface area contributed by atoms with Gasteiger partial charge in [0.25, 0.3) is 0 Å². The monoisotopic (exact) mass is 286 g/mol. The molecule has 1 unspecified atom stereocenters. The van der Waals surface area contributed by atoms with Crippen LogP contribution in [-0.4, -0.2) is 20.2 Å². The van der Waals surface area contributed by atoms with Crippen molar-refractivity contribution in [1.82, 2.24) is 0 Å². The normalized spacial score (nSPS) is 11.5. The minimum atomic E-state index is -0.634. The lowest BCUT2D eigenvalue weighted by atomic mass is 10.1. The molecule has 2 aromatic rings. The molecule has 0 fully saturated rings. The van der Waals surface area contributed by atoms with E-state index >= 15 is 0 Å². The van der Waals surface area contributed by atoms with Crippen molar-refractivity contribution in [3.63, 3.8) is 0 Å². The average molecular weight is 286 g/mol. The predicted molar refractivity (Wildman–Crippen MR) is 82.2 cm³/mol. The van der Waals surface area contributed by atoms with E-state index in [1.54, 1.807) is 25.3 Å². The van der Waals surface area contributed by atoms with E-state index < -0.39 is 6.04 Å². The van der Waals surface area contributed by atoms with E-state index in [4.69, 9.17) is 15.2 Å².